The Bertz CT molecular complexity index is 402. The van der Waals surface area contributed by atoms with Crippen LogP contribution >= 0.6 is 0 Å². The first kappa shape index (κ1) is 14.6. The number of alkyl halides is 3. The van der Waals surface area contributed by atoms with Crippen molar-refractivity contribution in [3.05, 3.63) is 17.7 Å². The van der Waals surface area contributed by atoms with E-state index in [9.17, 15) is 13.2 Å². The molecule has 0 amide bonds. The predicted molar refractivity (Wildman–Crippen MR) is 66.9 cm³/mol. The molecule has 1 rings (SSSR count). The zero-order valence-electron chi connectivity index (χ0n) is 11.0. The zero-order chi connectivity index (χ0) is 13.9. The predicted octanol–water partition coefficient (Wildman–Crippen LogP) is 3.38. The largest absolute Gasteiger partial charge is 0.416 e. The van der Waals surface area contributed by atoms with Gasteiger partial charge in [-0.3, -0.25) is 0 Å². The van der Waals surface area contributed by atoms with Gasteiger partial charge in [-0.2, -0.15) is 13.2 Å². The van der Waals surface area contributed by atoms with Gasteiger partial charge in [0.05, 0.1) is 5.56 Å². The fraction of sp³-hybridized carbons (Fsp3) is 0.583. The third-order valence-electron chi connectivity index (χ3n) is 2.63. The lowest BCUT2D eigenvalue weighted by Crippen LogP contribution is -2.27. The summed E-state index contributed by atoms with van der Waals surface area (Å²) in [6.07, 6.45) is -4.36. The molecule has 1 aromatic rings. The van der Waals surface area contributed by atoms with Gasteiger partial charge in [0.25, 0.3) is 0 Å². The van der Waals surface area contributed by atoms with Gasteiger partial charge in [-0.05, 0) is 32.9 Å². The Morgan fingerprint density at radius 2 is 1.94 bits per heavy atom. The van der Waals surface area contributed by atoms with Gasteiger partial charge in [0.2, 0.25) is 0 Å². The minimum atomic E-state index is -4.36. The highest BCUT2D eigenvalue weighted by Crippen LogP contribution is 2.32. The van der Waals surface area contributed by atoms with Crippen molar-refractivity contribution in [1.29, 1.82) is 0 Å². The molecule has 18 heavy (non-hydrogen) atoms. The SMILES string of the molecule is CCNc1cc(C(F)(F)F)cc(N(C)C(C)C)n1. The van der Waals surface area contributed by atoms with Crippen LogP contribution in [0.3, 0.4) is 0 Å². The van der Waals surface area contributed by atoms with E-state index in [1.54, 1.807) is 11.9 Å². The number of nitrogens with one attached hydrogen (secondary N) is 1. The van der Waals surface area contributed by atoms with E-state index in [2.05, 4.69) is 10.3 Å². The van der Waals surface area contributed by atoms with Gasteiger partial charge in [-0.25, -0.2) is 4.98 Å². The van der Waals surface area contributed by atoms with Crippen LogP contribution in [0.15, 0.2) is 12.1 Å². The van der Waals surface area contributed by atoms with E-state index < -0.39 is 11.7 Å². The van der Waals surface area contributed by atoms with Crippen molar-refractivity contribution in [2.24, 2.45) is 0 Å². The number of hydrogen-bond acceptors (Lipinski definition) is 3. The molecule has 0 fully saturated rings. The van der Waals surface area contributed by atoms with Crippen molar-refractivity contribution in [2.75, 3.05) is 23.8 Å². The standard InChI is InChI=1S/C12H18F3N3/c1-5-16-10-6-9(12(13,14)15)7-11(17-10)18(4)8(2)3/h6-8H,5H2,1-4H3,(H,16,17). The van der Waals surface area contributed by atoms with Gasteiger partial charge in [-0.1, -0.05) is 0 Å². The highest BCUT2D eigenvalue weighted by atomic mass is 19.4. The minimum Gasteiger partial charge on any atom is -0.370 e. The third kappa shape index (κ3) is 3.51. The molecule has 0 saturated heterocycles. The van der Waals surface area contributed by atoms with E-state index in [0.717, 1.165) is 12.1 Å². The molecule has 1 heterocycles. The number of nitrogens with zero attached hydrogens (tertiary/aromatic N) is 2. The van der Waals surface area contributed by atoms with Crippen LogP contribution in [0.2, 0.25) is 0 Å². The van der Waals surface area contributed by atoms with E-state index in [-0.39, 0.29) is 11.9 Å². The lowest BCUT2D eigenvalue weighted by atomic mass is 10.2. The molecule has 0 aliphatic heterocycles. The second-order valence-electron chi connectivity index (χ2n) is 4.33. The van der Waals surface area contributed by atoms with Gasteiger partial charge in [0.1, 0.15) is 11.6 Å². The van der Waals surface area contributed by atoms with Crippen molar-refractivity contribution in [3.63, 3.8) is 0 Å². The maximum atomic E-state index is 12.8. The second kappa shape index (κ2) is 5.46. The lowest BCUT2D eigenvalue weighted by Gasteiger charge is -2.24. The summed E-state index contributed by atoms with van der Waals surface area (Å²) in [6, 6.07) is 2.18. The van der Waals surface area contributed by atoms with Gasteiger partial charge in [-0.15, -0.1) is 0 Å². The molecular weight excluding hydrogens is 243 g/mol. The highest BCUT2D eigenvalue weighted by Gasteiger charge is 2.32. The molecule has 0 spiro atoms. The fourth-order valence-electron chi connectivity index (χ4n) is 1.40. The maximum absolute atomic E-state index is 12.8. The number of hydrogen-bond donors (Lipinski definition) is 1. The van der Waals surface area contributed by atoms with Crippen molar-refractivity contribution in [3.8, 4) is 0 Å². The lowest BCUT2D eigenvalue weighted by molar-refractivity contribution is -0.137. The van der Waals surface area contributed by atoms with Crippen LogP contribution in [0.4, 0.5) is 24.8 Å². The molecule has 0 aliphatic carbocycles. The summed E-state index contributed by atoms with van der Waals surface area (Å²) >= 11 is 0. The molecule has 0 bridgehead atoms. The molecule has 0 saturated carbocycles. The summed E-state index contributed by atoms with van der Waals surface area (Å²) < 4.78 is 38.3. The first-order chi connectivity index (χ1) is 8.25. The Hall–Kier alpha value is -1.46. The summed E-state index contributed by atoms with van der Waals surface area (Å²) in [5.74, 6) is 0.561. The molecule has 102 valence electrons. The molecule has 0 radical (unpaired) electrons. The highest BCUT2D eigenvalue weighted by molar-refractivity contribution is 5.51. The summed E-state index contributed by atoms with van der Waals surface area (Å²) in [4.78, 5) is 5.88. The third-order valence-corrected chi connectivity index (χ3v) is 2.63. The molecule has 1 N–H and O–H groups in total. The molecule has 0 aliphatic rings. The van der Waals surface area contributed by atoms with Crippen molar-refractivity contribution >= 4 is 11.6 Å². The van der Waals surface area contributed by atoms with Crippen LogP contribution in [-0.4, -0.2) is 24.6 Å². The van der Waals surface area contributed by atoms with Gasteiger partial charge in [0.15, 0.2) is 0 Å². The Kier molecular flexibility index (Phi) is 4.43. The molecule has 0 aromatic carbocycles. The van der Waals surface area contributed by atoms with E-state index in [1.807, 2.05) is 20.8 Å². The van der Waals surface area contributed by atoms with E-state index in [4.69, 9.17) is 0 Å². The minimum absolute atomic E-state index is 0.0791. The Labute approximate surface area is 105 Å². The fourth-order valence-corrected chi connectivity index (χ4v) is 1.40. The van der Waals surface area contributed by atoms with Gasteiger partial charge in [0, 0.05) is 19.6 Å². The van der Waals surface area contributed by atoms with E-state index in [0.29, 0.717) is 12.4 Å². The average Bonchev–Trinajstić information content (AvgIpc) is 2.26. The Morgan fingerprint density at radius 1 is 1.33 bits per heavy atom. The summed E-state index contributed by atoms with van der Waals surface area (Å²) in [7, 11) is 1.73. The topological polar surface area (TPSA) is 28.2 Å². The first-order valence-electron chi connectivity index (χ1n) is 5.81. The van der Waals surface area contributed by atoms with Crippen LogP contribution in [0, 0.1) is 0 Å². The molecule has 0 atom stereocenters. The number of halogens is 3. The number of rotatable bonds is 4. The Balaban J connectivity index is 3.22. The maximum Gasteiger partial charge on any atom is 0.416 e. The van der Waals surface area contributed by atoms with Crippen LogP contribution < -0.4 is 10.2 Å². The van der Waals surface area contributed by atoms with E-state index >= 15 is 0 Å². The van der Waals surface area contributed by atoms with Crippen molar-refractivity contribution < 1.29 is 13.2 Å². The van der Waals surface area contributed by atoms with Crippen LogP contribution in [0.5, 0.6) is 0 Å². The van der Waals surface area contributed by atoms with Crippen LogP contribution in [-0.2, 0) is 6.18 Å². The zero-order valence-corrected chi connectivity index (χ0v) is 11.0. The molecule has 1 aromatic heterocycles. The van der Waals surface area contributed by atoms with Gasteiger partial charge >= 0.3 is 6.18 Å². The number of aromatic nitrogens is 1. The molecule has 3 nitrogen and oxygen atoms in total. The van der Waals surface area contributed by atoms with E-state index in [1.165, 1.54) is 0 Å². The first-order valence-corrected chi connectivity index (χ1v) is 5.81. The summed E-state index contributed by atoms with van der Waals surface area (Å²) in [5, 5.41) is 2.82. The Morgan fingerprint density at radius 3 is 2.39 bits per heavy atom. The smallest absolute Gasteiger partial charge is 0.370 e. The van der Waals surface area contributed by atoms with Crippen LogP contribution in [0.1, 0.15) is 26.3 Å². The normalized spacial score (nSPS) is 11.8. The van der Waals surface area contributed by atoms with Crippen molar-refractivity contribution in [1.82, 2.24) is 4.98 Å². The summed E-state index contributed by atoms with van der Waals surface area (Å²) in [6.45, 7) is 6.14. The van der Waals surface area contributed by atoms with Crippen LogP contribution in [0.25, 0.3) is 0 Å². The number of pyridine rings is 1. The van der Waals surface area contributed by atoms with Gasteiger partial charge < -0.3 is 10.2 Å². The monoisotopic (exact) mass is 261 g/mol. The van der Waals surface area contributed by atoms with Crippen molar-refractivity contribution in [2.45, 2.75) is 33.0 Å². The average molecular weight is 261 g/mol. The quantitative estimate of drug-likeness (QED) is 0.900. The second-order valence-corrected chi connectivity index (χ2v) is 4.33. The number of anilines is 2. The molecular formula is C12H18F3N3. The molecule has 0 unspecified atom stereocenters. The summed E-state index contributed by atoms with van der Waals surface area (Å²) in [5.41, 5.74) is -0.684. The molecule has 6 heteroatoms.